The number of benzene rings is 1. The van der Waals surface area contributed by atoms with Crippen molar-refractivity contribution in [1.82, 2.24) is 9.55 Å². The van der Waals surface area contributed by atoms with Crippen molar-refractivity contribution >= 4 is 0 Å². The van der Waals surface area contributed by atoms with Crippen LogP contribution >= 0.6 is 0 Å². The van der Waals surface area contributed by atoms with Gasteiger partial charge in [-0.25, -0.2) is 4.98 Å². The van der Waals surface area contributed by atoms with Crippen molar-refractivity contribution in [3.05, 3.63) is 42.2 Å². The maximum absolute atomic E-state index is 12.6. The van der Waals surface area contributed by atoms with Gasteiger partial charge in [0.2, 0.25) is 0 Å². The van der Waals surface area contributed by atoms with E-state index in [1.165, 1.54) is 6.07 Å². The Morgan fingerprint density at radius 2 is 2.06 bits per heavy atom. The summed E-state index contributed by atoms with van der Waals surface area (Å²) in [6, 6.07) is 5.20. The van der Waals surface area contributed by atoms with Crippen LogP contribution < -0.4 is 0 Å². The molecule has 1 aromatic heterocycles. The van der Waals surface area contributed by atoms with Crippen LogP contribution in [-0.2, 0) is 12.7 Å². The molecule has 0 fully saturated rings. The number of hydrogen-bond donors (Lipinski definition) is 0. The van der Waals surface area contributed by atoms with E-state index in [1.807, 2.05) is 6.92 Å². The van der Waals surface area contributed by atoms with Gasteiger partial charge in [0.25, 0.3) is 0 Å². The van der Waals surface area contributed by atoms with Crippen LogP contribution in [0.1, 0.15) is 12.5 Å². The molecule has 0 radical (unpaired) electrons. The molecule has 1 heterocycles. The summed E-state index contributed by atoms with van der Waals surface area (Å²) >= 11 is 0. The smallest absolute Gasteiger partial charge is 0.331 e. The highest BCUT2D eigenvalue weighted by molar-refractivity contribution is 5.57. The van der Waals surface area contributed by atoms with Crippen molar-refractivity contribution in [2.75, 3.05) is 0 Å². The Labute approximate surface area is 96.7 Å². The number of nitrogens with zero attached hydrogens (tertiary/aromatic N) is 2. The molecule has 2 nitrogen and oxygen atoms in total. The Morgan fingerprint density at radius 1 is 1.29 bits per heavy atom. The van der Waals surface area contributed by atoms with Gasteiger partial charge in [0.05, 0.1) is 5.56 Å². The third kappa shape index (κ3) is 2.33. The van der Waals surface area contributed by atoms with E-state index in [4.69, 9.17) is 0 Å². The van der Waals surface area contributed by atoms with E-state index in [-0.39, 0.29) is 0 Å². The van der Waals surface area contributed by atoms with Crippen LogP contribution in [0, 0.1) is 0 Å². The van der Waals surface area contributed by atoms with E-state index in [2.05, 4.69) is 4.98 Å². The fraction of sp³-hybridized carbons (Fsp3) is 0.250. The van der Waals surface area contributed by atoms with E-state index < -0.39 is 11.7 Å². The minimum atomic E-state index is -4.32. The molecule has 0 saturated carbocycles. The molecule has 0 aliphatic rings. The van der Waals surface area contributed by atoms with Crippen LogP contribution in [0.25, 0.3) is 11.4 Å². The summed E-state index contributed by atoms with van der Waals surface area (Å²) in [5.41, 5.74) is -0.174. The molecule has 5 heteroatoms. The van der Waals surface area contributed by atoms with Crippen molar-refractivity contribution in [2.24, 2.45) is 0 Å². The van der Waals surface area contributed by atoms with Crippen LogP contribution in [-0.4, -0.2) is 9.55 Å². The molecule has 0 unspecified atom stereocenters. The van der Waals surface area contributed by atoms with Crippen LogP contribution in [0.15, 0.2) is 36.7 Å². The zero-order valence-electron chi connectivity index (χ0n) is 9.20. The van der Waals surface area contributed by atoms with Crippen molar-refractivity contribution in [3.8, 4) is 11.4 Å². The molecule has 0 N–H and O–H groups in total. The first-order valence-corrected chi connectivity index (χ1v) is 5.21. The van der Waals surface area contributed by atoms with E-state index in [9.17, 15) is 13.2 Å². The molecule has 17 heavy (non-hydrogen) atoms. The Morgan fingerprint density at radius 3 is 2.71 bits per heavy atom. The molecular weight excluding hydrogens is 229 g/mol. The first-order valence-electron chi connectivity index (χ1n) is 5.21. The number of rotatable bonds is 2. The summed E-state index contributed by atoms with van der Waals surface area (Å²) in [4.78, 5) is 4.08. The van der Waals surface area contributed by atoms with Crippen molar-refractivity contribution in [2.45, 2.75) is 19.6 Å². The Hall–Kier alpha value is -1.78. The second kappa shape index (κ2) is 4.24. The average Bonchev–Trinajstić information content (AvgIpc) is 2.76. The van der Waals surface area contributed by atoms with Gasteiger partial charge < -0.3 is 4.57 Å². The number of aromatic nitrogens is 2. The number of aryl methyl sites for hydroxylation is 1. The Kier molecular flexibility index (Phi) is 2.92. The molecule has 0 amide bonds. The lowest BCUT2D eigenvalue weighted by Gasteiger charge is -2.09. The highest BCUT2D eigenvalue weighted by atomic mass is 19.4. The molecule has 0 atom stereocenters. The second-order valence-corrected chi connectivity index (χ2v) is 3.62. The maximum atomic E-state index is 12.6. The first-order chi connectivity index (χ1) is 8.02. The second-order valence-electron chi connectivity index (χ2n) is 3.62. The summed E-state index contributed by atoms with van der Waals surface area (Å²) < 4.78 is 39.5. The molecule has 90 valence electrons. The first kappa shape index (κ1) is 11.7. The molecule has 1 aromatic carbocycles. The average molecular weight is 240 g/mol. The van der Waals surface area contributed by atoms with Crippen LogP contribution in [0.4, 0.5) is 13.2 Å². The number of hydrogen-bond acceptors (Lipinski definition) is 1. The van der Waals surface area contributed by atoms with Gasteiger partial charge in [0.15, 0.2) is 0 Å². The summed E-state index contributed by atoms with van der Waals surface area (Å²) in [5.74, 6) is 0.554. The van der Waals surface area contributed by atoms with Gasteiger partial charge in [-0.05, 0) is 19.1 Å². The predicted molar refractivity (Wildman–Crippen MR) is 58.3 cm³/mol. The number of imidazole rings is 1. The summed E-state index contributed by atoms with van der Waals surface area (Å²) in [5, 5.41) is 0. The molecule has 2 rings (SSSR count). The largest absolute Gasteiger partial charge is 0.416 e. The standard InChI is InChI=1S/C12H11F3N2/c1-2-17-7-6-16-11(17)9-4-3-5-10(8-9)12(13,14)15/h3-8H,2H2,1H3. The maximum Gasteiger partial charge on any atom is 0.416 e. The van der Waals surface area contributed by atoms with Crippen LogP contribution in [0.5, 0.6) is 0 Å². The van der Waals surface area contributed by atoms with E-state index in [1.54, 1.807) is 23.0 Å². The summed E-state index contributed by atoms with van der Waals surface area (Å²) in [6.07, 6.45) is -0.992. The minimum Gasteiger partial charge on any atom is -0.331 e. The van der Waals surface area contributed by atoms with Crippen molar-refractivity contribution in [1.29, 1.82) is 0 Å². The lowest BCUT2D eigenvalue weighted by Crippen LogP contribution is -2.05. The van der Waals surface area contributed by atoms with E-state index in [0.717, 1.165) is 12.1 Å². The Bertz CT molecular complexity index is 514. The topological polar surface area (TPSA) is 17.8 Å². The van der Waals surface area contributed by atoms with Crippen molar-refractivity contribution in [3.63, 3.8) is 0 Å². The molecule has 0 spiro atoms. The quantitative estimate of drug-likeness (QED) is 0.784. The molecular formula is C12H11F3N2. The lowest BCUT2D eigenvalue weighted by atomic mass is 10.1. The zero-order valence-corrected chi connectivity index (χ0v) is 9.20. The fourth-order valence-corrected chi connectivity index (χ4v) is 1.66. The Balaban J connectivity index is 2.47. The fourth-order valence-electron chi connectivity index (χ4n) is 1.66. The molecule has 0 aliphatic heterocycles. The zero-order chi connectivity index (χ0) is 12.5. The van der Waals surface area contributed by atoms with Crippen molar-refractivity contribution < 1.29 is 13.2 Å². The van der Waals surface area contributed by atoms with Crippen LogP contribution in [0.3, 0.4) is 0 Å². The summed E-state index contributed by atoms with van der Waals surface area (Å²) in [7, 11) is 0. The molecule has 2 aromatic rings. The predicted octanol–water partition coefficient (Wildman–Crippen LogP) is 3.59. The molecule has 0 bridgehead atoms. The number of alkyl halides is 3. The SMILES string of the molecule is CCn1ccnc1-c1cccc(C(F)(F)F)c1. The normalized spacial score (nSPS) is 11.8. The minimum absolute atomic E-state index is 0.478. The van der Waals surface area contributed by atoms with Gasteiger partial charge in [-0.15, -0.1) is 0 Å². The van der Waals surface area contributed by atoms with Gasteiger partial charge in [-0.3, -0.25) is 0 Å². The van der Waals surface area contributed by atoms with Gasteiger partial charge >= 0.3 is 6.18 Å². The van der Waals surface area contributed by atoms with E-state index in [0.29, 0.717) is 17.9 Å². The van der Waals surface area contributed by atoms with Gasteiger partial charge in [-0.2, -0.15) is 13.2 Å². The monoisotopic (exact) mass is 240 g/mol. The highest BCUT2D eigenvalue weighted by Crippen LogP contribution is 2.31. The third-order valence-corrected chi connectivity index (χ3v) is 2.50. The van der Waals surface area contributed by atoms with Gasteiger partial charge in [0, 0.05) is 24.5 Å². The summed E-state index contributed by atoms with van der Waals surface area (Å²) in [6.45, 7) is 2.59. The lowest BCUT2D eigenvalue weighted by molar-refractivity contribution is -0.137. The highest BCUT2D eigenvalue weighted by Gasteiger charge is 2.30. The van der Waals surface area contributed by atoms with Gasteiger partial charge in [-0.1, -0.05) is 12.1 Å². The van der Waals surface area contributed by atoms with Crippen LogP contribution in [0.2, 0.25) is 0 Å². The third-order valence-electron chi connectivity index (χ3n) is 2.50. The number of halogens is 3. The molecule has 0 saturated heterocycles. The van der Waals surface area contributed by atoms with Gasteiger partial charge in [0.1, 0.15) is 5.82 Å². The van der Waals surface area contributed by atoms with E-state index >= 15 is 0 Å². The molecule has 0 aliphatic carbocycles.